The zero-order chi connectivity index (χ0) is 24.4. The van der Waals surface area contributed by atoms with E-state index in [1.807, 2.05) is 6.07 Å². The first-order valence-corrected chi connectivity index (χ1v) is 13.0. The maximum absolute atomic E-state index is 6.62. The van der Waals surface area contributed by atoms with E-state index in [1.165, 1.54) is 16.7 Å². The second kappa shape index (κ2) is 8.11. The second-order valence-electron chi connectivity index (χ2n) is 9.61. The van der Waals surface area contributed by atoms with Gasteiger partial charge in [-0.15, -0.1) is 0 Å². The Labute approximate surface area is 217 Å². The van der Waals surface area contributed by atoms with E-state index in [2.05, 4.69) is 121 Å². The van der Waals surface area contributed by atoms with Crippen molar-refractivity contribution in [1.82, 2.24) is 0 Å². The van der Waals surface area contributed by atoms with Crippen LogP contribution in [0.5, 0.6) is 0 Å². The van der Waals surface area contributed by atoms with E-state index in [0.717, 1.165) is 59.5 Å². The average Bonchev–Trinajstić information content (AvgIpc) is 3.47. The normalized spacial score (nSPS) is 12.0. The molecule has 36 heavy (non-hydrogen) atoms. The summed E-state index contributed by atoms with van der Waals surface area (Å²) in [5.74, 6) is 0.375. The molecule has 2 heterocycles. The fourth-order valence-corrected chi connectivity index (χ4v) is 6.03. The van der Waals surface area contributed by atoms with Gasteiger partial charge in [-0.3, -0.25) is 0 Å². The Morgan fingerprint density at radius 2 is 1.22 bits per heavy atom. The third kappa shape index (κ3) is 3.09. The molecule has 174 valence electrons. The van der Waals surface area contributed by atoms with Gasteiger partial charge in [0.25, 0.3) is 0 Å². The van der Waals surface area contributed by atoms with Gasteiger partial charge in [0.05, 0.1) is 0 Å². The molecular formula is C33H23BrO2. The van der Waals surface area contributed by atoms with Gasteiger partial charge < -0.3 is 8.83 Å². The summed E-state index contributed by atoms with van der Waals surface area (Å²) in [5.41, 5.74) is 9.35. The predicted octanol–water partition coefficient (Wildman–Crippen LogP) is 10.7. The summed E-state index contributed by atoms with van der Waals surface area (Å²) >= 11 is 3.86. The molecule has 0 aliphatic rings. The Bertz CT molecular complexity index is 1920. The standard InChI is InChI=1S/C33H23BrO2/c1-19(2)21-11-6-14-24-30-23(13-8-16-28(30)35-32(21)24)31-26(34)18-17-25-29-22(20-9-4-3-5-10-20)12-7-15-27(29)36-33(25)31/h3-19H,1-2H3. The Hall–Kier alpha value is -3.82. The molecule has 0 N–H and O–H groups in total. The van der Waals surface area contributed by atoms with Crippen LogP contribution in [0.4, 0.5) is 0 Å². The molecule has 0 aliphatic heterocycles. The molecule has 0 bridgehead atoms. The SMILES string of the molecule is CC(C)c1cccc2c1oc1cccc(-c3c(Br)ccc4c3oc3cccc(-c5ccccc5)c34)c12. The van der Waals surface area contributed by atoms with E-state index in [-0.39, 0.29) is 0 Å². The number of benzene rings is 5. The fourth-order valence-electron chi connectivity index (χ4n) is 5.51. The van der Waals surface area contributed by atoms with Crippen molar-refractivity contribution < 1.29 is 8.83 Å². The third-order valence-electron chi connectivity index (χ3n) is 7.14. The van der Waals surface area contributed by atoms with Gasteiger partial charge in [-0.2, -0.15) is 0 Å². The first kappa shape index (κ1) is 21.5. The molecule has 0 atom stereocenters. The highest BCUT2D eigenvalue weighted by molar-refractivity contribution is 9.10. The minimum absolute atomic E-state index is 0.375. The lowest BCUT2D eigenvalue weighted by molar-refractivity contribution is 0.657. The van der Waals surface area contributed by atoms with Gasteiger partial charge >= 0.3 is 0 Å². The summed E-state index contributed by atoms with van der Waals surface area (Å²) in [4.78, 5) is 0. The number of halogens is 1. The summed E-state index contributed by atoms with van der Waals surface area (Å²) in [5, 5.41) is 4.50. The number of furan rings is 2. The lowest BCUT2D eigenvalue weighted by Crippen LogP contribution is -1.87. The minimum atomic E-state index is 0.375. The smallest absolute Gasteiger partial charge is 0.144 e. The molecule has 0 fully saturated rings. The quantitative estimate of drug-likeness (QED) is 0.227. The number of para-hydroxylation sites is 1. The van der Waals surface area contributed by atoms with Crippen LogP contribution in [0.2, 0.25) is 0 Å². The summed E-state index contributed by atoms with van der Waals surface area (Å²) in [6, 6.07) is 33.9. The van der Waals surface area contributed by atoms with Crippen molar-refractivity contribution in [2.45, 2.75) is 19.8 Å². The highest BCUT2D eigenvalue weighted by Crippen LogP contribution is 2.47. The summed E-state index contributed by atoms with van der Waals surface area (Å²) in [6.07, 6.45) is 0. The number of fused-ring (bicyclic) bond motifs is 6. The largest absolute Gasteiger partial charge is 0.456 e. The average molecular weight is 531 g/mol. The summed E-state index contributed by atoms with van der Waals surface area (Å²) < 4.78 is 14.1. The van der Waals surface area contributed by atoms with Gasteiger partial charge in [0, 0.05) is 31.6 Å². The molecule has 0 saturated heterocycles. The van der Waals surface area contributed by atoms with Crippen LogP contribution < -0.4 is 0 Å². The molecule has 3 heteroatoms. The Kier molecular flexibility index (Phi) is 4.83. The van der Waals surface area contributed by atoms with Crippen molar-refractivity contribution in [3.05, 3.63) is 107 Å². The van der Waals surface area contributed by atoms with Crippen LogP contribution >= 0.6 is 15.9 Å². The zero-order valence-corrected chi connectivity index (χ0v) is 21.6. The Balaban J connectivity index is 1.59. The van der Waals surface area contributed by atoms with Gasteiger partial charge in [-0.25, -0.2) is 0 Å². The van der Waals surface area contributed by atoms with Crippen molar-refractivity contribution in [2.75, 3.05) is 0 Å². The van der Waals surface area contributed by atoms with Crippen LogP contribution in [0.3, 0.4) is 0 Å². The molecule has 0 radical (unpaired) electrons. The van der Waals surface area contributed by atoms with E-state index in [1.54, 1.807) is 0 Å². The highest BCUT2D eigenvalue weighted by atomic mass is 79.9. The third-order valence-corrected chi connectivity index (χ3v) is 7.80. The molecule has 7 aromatic rings. The number of hydrogen-bond donors (Lipinski definition) is 0. The van der Waals surface area contributed by atoms with E-state index < -0.39 is 0 Å². The molecule has 2 nitrogen and oxygen atoms in total. The van der Waals surface area contributed by atoms with Gasteiger partial charge in [0.1, 0.15) is 22.3 Å². The molecule has 2 aromatic heterocycles. The monoisotopic (exact) mass is 530 g/mol. The van der Waals surface area contributed by atoms with Crippen molar-refractivity contribution >= 4 is 59.8 Å². The van der Waals surface area contributed by atoms with Crippen LogP contribution in [-0.4, -0.2) is 0 Å². The van der Waals surface area contributed by atoms with E-state index in [9.17, 15) is 0 Å². The van der Waals surface area contributed by atoms with Crippen molar-refractivity contribution in [3.63, 3.8) is 0 Å². The van der Waals surface area contributed by atoms with E-state index in [0.29, 0.717) is 5.92 Å². The highest BCUT2D eigenvalue weighted by Gasteiger charge is 2.22. The first-order valence-electron chi connectivity index (χ1n) is 12.3. The molecule has 0 saturated carbocycles. The van der Waals surface area contributed by atoms with Crippen LogP contribution in [-0.2, 0) is 0 Å². The summed E-state index contributed by atoms with van der Waals surface area (Å²) in [6.45, 7) is 4.41. The fraction of sp³-hybridized carbons (Fsp3) is 0.0909. The maximum Gasteiger partial charge on any atom is 0.144 e. The topological polar surface area (TPSA) is 26.3 Å². The Morgan fingerprint density at radius 3 is 1.97 bits per heavy atom. The van der Waals surface area contributed by atoms with Crippen molar-refractivity contribution in [2.24, 2.45) is 0 Å². The zero-order valence-electron chi connectivity index (χ0n) is 20.0. The maximum atomic E-state index is 6.62. The van der Waals surface area contributed by atoms with Gasteiger partial charge in [-0.1, -0.05) is 103 Å². The second-order valence-corrected chi connectivity index (χ2v) is 10.5. The lowest BCUT2D eigenvalue weighted by atomic mass is 9.94. The first-order chi connectivity index (χ1) is 17.6. The van der Waals surface area contributed by atoms with Gasteiger partial charge in [0.15, 0.2) is 0 Å². The van der Waals surface area contributed by atoms with Crippen LogP contribution in [0.25, 0.3) is 66.1 Å². The van der Waals surface area contributed by atoms with Crippen molar-refractivity contribution in [1.29, 1.82) is 0 Å². The molecule has 0 aliphatic carbocycles. The molecule has 7 rings (SSSR count). The number of hydrogen-bond acceptors (Lipinski definition) is 2. The Morgan fingerprint density at radius 1 is 0.583 bits per heavy atom. The van der Waals surface area contributed by atoms with E-state index >= 15 is 0 Å². The molecular weight excluding hydrogens is 508 g/mol. The van der Waals surface area contributed by atoms with Crippen LogP contribution in [0.1, 0.15) is 25.3 Å². The van der Waals surface area contributed by atoms with Gasteiger partial charge in [-0.05, 0) is 52.4 Å². The van der Waals surface area contributed by atoms with Crippen molar-refractivity contribution in [3.8, 4) is 22.3 Å². The number of rotatable bonds is 3. The van der Waals surface area contributed by atoms with Crippen LogP contribution in [0, 0.1) is 0 Å². The van der Waals surface area contributed by atoms with Crippen LogP contribution in [0.15, 0.2) is 110 Å². The lowest BCUT2D eigenvalue weighted by Gasteiger charge is -2.08. The minimum Gasteiger partial charge on any atom is -0.456 e. The predicted molar refractivity (Wildman–Crippen MR) is 154 cm³/mol. The van der Waals surface area contributed by atoms with Gasteiger partial charge in [0.2, 0.25) is 0 Å². The van der Waals surface area contributed by atoms with E-state index in [4.69, 9.17) is 8.83 Å². The molecule has 5 aromatic carbocycles. The summed E-state index contributed by atoms with van der Waals surface area (Å²) in [7, 11) is 0. The molecule has 0 spiro atoms. The molecule has 0 amide bonds. The molecule has 0 unspecified atom stereocenters.